The summed E-state index contributed by atoms with van der Waals surface area (Å²) in [5.74, 6) is -3.17. The summed E-state index contributed by atoms with van der Waals surface area (Å²) in [6.45, 7) is -0.973. The highest BCUT2D eigenvalue weighted by atomic mass is 16.6. The highest BCUT2D eigenvalue weighted by molar-refractivity contribution is 6.05. The van der Waals surface area contributed by atoms with Crippen LogP contribution in [0.1, 0.15) is 10.4 Å². The molecule has 0 amide bonds. The highest BCUT2D eigenvalue weighted by Crippen LogP contribution is 2.42. The Morgan fingerprint density at radius 2 is 1.43 bits per heavy atom. The van der Waals surface area contributed by atoms with Crippen LogP contribution in [0.3, 0.4) is 0 Å². The second-order valence-corrected chi connectivity index (χ2v) is 5.58. The van der Waals surface area contributed by atoms with Crippen molar-refractivity contribution in [1.29, 1.82) is 0 Å². The number of hydrogen-bond acceptors (Lipinski definition) is 12. The number of rotatable bonds is 6. The average Bonchev–Trinajstić information content (AvgIpc) is 2.75. The first-order chi connectivity index (χ1) is 14.2. The fraction of sp³-hybridized carbons (Fsp3) is 0.312. The molecule has 1 heterocycles. The van der Waals surface area contributed by atoms with Crippen molar-refractivity contribution in [2.24, 2.45) is 0 Å². The molecule has 0 saturated heterocycles. The number of nitro groups is 2. The van der Waals surface area contributed by atoms with Crippen LogP contribution in [-0.2, 0) is 28.5 Å². The zero-order valence-electron chi connectivity index (χ0n) is 15.9. The summed E-state index contributed by atoms with van der Waals surface area (Å²) in [7, 11) is 3.01. The Labute approximate surface area is 167 Å². The van der Waals surface area contributed by atoms with Crippen molar-refractivity contribution in [3.63, 3.8) is 0 Å². The third-order valence-electron chi connectivity index (χ3n) is 3.99. The molecule has 2 rings (SSSR count). The van der Waals surface area contributed by atoms with Crippen LogP contribution < -0.4 is 4.90 Å². The Kier molecular flexibility index (Phi) is 6.63. The third-order valence-corrected chi connectivity index (χ3v) is 3.99. The minimum absolute atomic E-state index is 0.365. The first-order valence-electron chi connectivity index (χ1n) is 7.98. The molecule has 30 heavy (non-hydrogen) atoms. The summed E-state index contributed by atoms with van der Waals surface area (Å²) < 4.78 is 18.9. The van der Waals surface area contributed by atoms with Gasteiger partial charge in [0.05, 0.1) is 48.9 Å². The molecule has 14 nitrogen and oxygen atoms in total. The van der Waals surface area contributed by atoms with Crippen molar-refractivity contribution in [3.05, 3.63) is 49.2 Å². The van der Waals surface area contributed by atoms with Crippen LogP contribution in [0, 0.1) is 20.2 Å². The van der Waals surface area contributed by atoms with Crippen LogP contribution in [0.4, 0.5) is 17.1 Å². The molecule has 1 aromatic carbocycles. The molecule has 0 saturated carbocycles. The number of carbonyl (C=O) groups excluding carboxylic acids is 3. The van der Waals surface area contributed by atoms with E-state index in [0.29, 0.717) is 0 Å². The summed E-state index contributed by atoms with van der Waals surface area (Å²) in [6, 6.07) is 1.49. The van der Waals surface area contributed by atoms with Gasteiger partial charge in [0.1, 0.15) is 12.4 Å². The van der Waals surface area contributed by atoms with Crippen LogP contribution in [0.2, 0.25) is 0 Å². The van der Waals surface area contributed by atoms with Gasteiger partial charge >= 0.3 is 29.3 Å². The number of anilines is 1. The normalized spacial score (nSPS) is 13.5. The van der Waals surface area contributed by atoms with Crippen molar-refractivity contribution in [1.82, 2.24) is 0 Å². The van der Waals surface area contributed by atoms with Gasteiger partial charge in [0, 0.05) is 12.1 Å². The van der Waals surface area contributed by atoms with E-state index in [2.05, 4.69) is 14.2 Å². The third kappa shape index (κ3) is 4.02. The van der Waals surface area contributed by atoms with Gasteiger partial charge in [-0.1, -0.05) is 0 Å². The summed E-state index contributed by atoms with van der Waals surface area (Å²) in [4.78, 5) is 58.3. The first kappa shape index (κ1) is 22.2. The molecule has 0 unspecified atom stereocenters. The van der Waals surface area contributed by atoms with E-state index in [9.17, 15) is 34.6 Å². The Morgan fingerprint density at radius 1 is 0.933 bits per heavy atom. The van der Waals surface area contributed by atoms with E-state index in [-0.39, 0.29) is 5.57 Å². The van der Waals surface area contributed by atoms with Gasteiger partial charge in [-0.2, -0.15) is 0 Å². The van der Waals surface area contributed by atoms with E-state index in [4.69, 9.17) is 4.74 Å². The molecule has 0 atom stereocenters. The second kappa shape index (κ2) is 8.95. The molecular formula is C16H15N3O11. The van der Waals surface area contributed by atoms with Gasteiger partial charge in [0.25, 0.3) is 0 Å². The van der Waals surface area contributed by atoms with Crippen LogP contribution in [0.5, 0.6) is 0 Å². The molecule has 0 radical (unpaired) electrons. The summed E-state index contributed by atoms with van der Waals surface area (Å²) in [5.41, 5.74) is -3.86. The van der Waals surface area contributed by atoms with Crippen LogP contribution in [0.15, 0.2) is 23.4 Å². The molecule has 1 aliphatic rings. The molecule has 0 aliphatic carbocycles. The van der Waals surface area contributed by atoms with Gasteiger partial charge in [-0.3, -0.25) is 25.1 Å². The standard InChI is InChI=1S/C16H15N3O11/c1-27-14(20)8-4-10(18(23)24)13(11(5-8)19(25)26)17-7-30-6-9(15(21)28-2)12(17)16(22)29-3/h4-5H,6-7H2,1-3H3. The average molecular weight is 425 g/mol. The summed E-state index contributed by atoms with van der Waals surface area (Å²) >= 11 is 0. The van der Waals surface area contributed by atoms with Crippen molar-refractivity contribution in [2.45, 2.75) is 0 Å². The van der Waals surface area contributed by atoms with Crippen molar-refractivity contribution in [2.75, 3.05) is 39.6 Å². The highest BCUT2D eigenvalue weighted by Gasteiger charge is 2.40. The Morgan fingerprint density at radius 3 is 1.87 bits per heavy atom. The van der Waals surface area contributed by atoms with Crippen LogP contribution >= 0.6 is 0 Å². The quantitative estimate of drug-likeness (QED) is 0.270. The van der Waals surface area contributed by atoms with Crippen molar-refractivity contribution < 1.29 is 43.2 Å². The topological polar surface area (TPSA) is 178 Å². The lowest BCUT2D eigenvalue weighted by Gasteiger charge is -2.30. The first-order valence-corrected chi connectivity index (χ1v) is 7.98. The van der Waals surface area contributed by atoms with Crippen LogP contribution in [0.25, 0.3) is 0 Å². The molecule has 160 valence electrons. The molecule has 0 N–H and O–H groups in total. The molecule has 14 heteroatoms. The van der Waals surface area contributed by atoms with E-state index in [0.717, 1.165) is 38.4 Å². The monoisotopic (exact) mass is 425 g/mol. The van der Waals surface area contributed by atoms with Gasteiger partial charge in [-0.15, -0.1) is 0 Å². The van der Waals surface area contributed by atoms with E-state index in [1.807, 2.05) is 0 Å². The Hall–Kier alpha value is -4.07. The predicted molar refractivity (Wildman–Crippen MR) is 95.4 cm³/mol. The van der Waals surface area contributed by atoms with Gasteiger partial charge in [0.2, 0.25) is 5.69 Å². The lowest BCUT2D eigenvalue weighted by atomic mass is 10.1. The Balaban J connectivity index is 2.90. The molecule has 0 fully saturated rings. The zero-order chi connectivity index (χ0) is 22.6. The van der Waals surface area contributed by atoms with Crippen LogP contribution in [-0.4, -0.2) is 62.4 Å². The molecule has 0 bridgehead atoms. The summed E-state index contributed by atoms with van der Waals surface area (Å²) in [5, 5.41) is 23.3. The lowest BCUT2D eigenvalue weighted by Crippen LogP contribution is -2.39. The molecule has 1 aliphatic heterocycles. The van der Waals surface area contributed by atoms with Gasteiger partial charge in [-0.25, -0.2) is 14.4 Å². The number of nitrogens with zero attached hydrogens (tertiary/aromatic N) is 3. The fourth-order valence-electron chi connectivity index (χ4n) is 2.71. The maximum atomic E-state index is 12.4. The second-order valence-electron chi connectivity index (χ2n) is 5.58. The number of carbonyl (C=O) groups is 3. The number of hydrogen-bond donors (Lipinski definition) is 0. The zero-order valence-corrected chi connectivity index (χ0v) is 15.9. The number of esters is 3. The molecular weight excluding hydrogens is 410 g/mol. The molecule has 1 aromatic rings. The SMILES string of the molecule is COC(=O)C1=C(C(=O)OC)N(c2c([N+](=O)[O-])cc(C(=O)OC)cc2[N+](=O)[O-])COC1. The number of benzene rings is 1. The largest absolute Gasteiger partial charge is 0.466 e. The van der Waals surface area contributed by atoms with E-state index in [1.165, 1.54) is 0 Å². The van der Waals surface area contributed by atoms with E-state index < -0.39 is 69.4 Å². The minimum atomic E-state index is -1.11. The van der Waals surface area contributed by atoms with E-state index >= 15 is 0 Å². The lowest BCUT2D eigenvalue weighted by molar-refractivity contribution is -0.392. The van der Waals surface area contributed by atoms with Crippen molar-refractivity contribution in [3.8, 4) is 0 Å². The molecule has 0 spiro atoms. The van der Waals surface area contributed by atoms with Gasteiger partial charge < -0.3 is 18.9 Å². The number of methoxy groups -OCH3 is 3. The smallest absolute Gasteiger partial charge is 0.355 e. The maximum absolute atomic E-state index is 12.4. The predicted octanol–water partition coefficient (Wildman–Crippen LogP) is 0.684. The van der Waals surface area contributed by atoms with Gasteiger partial charge in [-0.05, 0) is 0 Å². The number of nitro benzene ring substituents is 2. The van der Waals surface area contributed by atoms with E-state index in [1.54, 1.807) is 0 Å². The number of ether oxygens (including phenoxy) is 4. The van der Waals surface area contributed by atoms with Gasteiger partial charge in [0.15, 0.2) is 0 Å². The Bertz CT molecular complexity index is 934. The molecule has 0 aromatic heterocycles. The minimum Gasteiger partial charge on any atom is -0.466 e. The summed E-state index contributed by atoms with van der Waals surface area (Å²) in [6.07, 6.45) is 0. The van der Waals surface area contributed by atoms with Crippen molar-refractivity contribution >= 4 is 35.0 Å². The maximum Gasteiger partial charge on any atom is 0.355 e. The fourth-order valence-corrected chi connectivity index (χ4v) is 2.71.